The minimum atomic E-state index is -1.16. The molecule has 1 saturated heterocycles. The molecule has 0 radical (unpaired) electrons. The van der Waals surface area contributed by atoms with E-state index in [-0.39, 0.29) is 91.7 Å². The van der Waals surface area contributed by atoms with Crippen LogP contribution in [0.1, 0.15) is 89.7 Å². The minimum absolute atomic E-state index is 0.0001000. The molecule has 0 saturated carbocycles. The van der Waals surface area contributed by atoms with Gasteiger partial charge in [0.1, 0.15) is 43.5 Å². The van der Waals surface area contributed by atoms with E-state index in [4.69, 9.17) is 42.6 Å². The third-order valence-corrected chi connectivity index (χ3v) is 9.83. The Morgan fingerprint density at radius 2 is 1.14 bits per heavy atom. The summed E-state index contributed by atoms with van der Waals surface area (Å²) in [5.41, 5.74) is 2.17. The maximum Gasteiger partial charge on any atom is 0.338 e. The maximum absolute atomic E-state index is 13.1. The summed E-state index contributed by atoms with van der Waals surface area (Å²) in [5.74, 6) is -2.17. The van der Waals surface area contributed by atoms with Crippen molar-refractivity contribution in [2.24, 2.45) is 5.92 Å². The lowest BCUT2D eigenvalue weighted by Crippen LogP contribution is -2.29. The van der Waals surface area contributed by atoms with Crippen molar-refractivity contribution < 1.29 is 76.4 Å². The van der Waals surface area contributed by atoms with Gasteiger partial charge in [0.15, 0.2) is 25.4 Å². The average molecular weight is 920 g/mol. The van der Waals surface area contributed by atoms with E-state index in [0.29, 0.717) is 31.8 Å². The number of hydrogen-bond acceptors (Lipinski definition) is 15. The van der Waals surface area contributed by atoms with Crippen LogP contribution in [-0.4, -0.2) is 130 Å². The zero-order valence-electron chi connectivity index (χ0n) is 38.5. The molecule has 0 spiro atoms. The van der Waals surface area contributed by atoms with Gasteiger partial charge in [-0.05, 0) is 101 Å². The number of aliphatic hydroxyl groups excluding tert-OH is 1. The van der Waals surface area contributed by atoms with Crippen LogP contribution in [0.3, 0.4) is 0 Å². The molecule has 16 nitrogen and oxygen atoms in total. The Morgan fingerprint density at radius 3 is 1.67 bits per heavy atom. The zero-order valence-corrected chi connectivity index (χ0v) is 38.5. The first-order chi connectivity index (χ1) is 31.6. The van der Waals surface area contributed by atoms with E-state index in [0.717, 1.165) is 29.9 Å². The summed E-state index contributed by atoms with van der Waals surface area (Å²) in [6.07, 6.45) is 0.271. The Balaban J connectivity index is 1.20. The first-order valence-electron chi connectivity index (χ1n) is 21.9. The topological polar surface area (TPSA) is 205 Å². The molecule has 0 aliphatic carbocycles. The van der Waals surface area contributed by atoms with Crippen molar-refractivity contribution >= 4 is 29.8 Å². The molecule has 2 N–H and O–H groups in total. The third kappa shape index (κ3) is 19.6. The molecule has 3 aromatic carbocycles. The maximum atomic E-state index is 13.1. The number of carbonyl (C=O) groups is 5. The number of epoxide rings is 1. The van der Waals surface area contributed by atoms with Crippen LogP contribution in [0.2, 0.25) is 0 Å². The largest absolute Gasteiger partial charge is 0.490 e. The predicted molar refractivity (Wildman–Crippen MR) is 242 cm³/mol. The van der Waals surface area contributed by atoms with E-state index in [9.17, 15) is 29.1 Å². The van der Waals surface area contributed by atoms with Crippen LogP contribution in [0, 0.1) is 5.92 Å². The molecule has 0 amide bonds. The molecular formula is C50H63O16+. The highest BCUT2D eigenvalue weighted by atomic mass is 16.6. The second kappa shape index (κ2) is 27.4. The summed E-state index contributed by atoms with van der Waals surface area (Å²) in [4.78, 5) is 62.3. The monoisotopic (exact) mass is 919 g/mol. The van der Waals surface area contributed by atoms with Gasteiger partial charge in [-0.2, -0.15) is 0 Å². The van der Waals surface area contributed by atoms with Crippen LogP contribution >= 0.6 is 0 Å². The van der Waals surface area contributed by atoms with Crippen molar-refractivity contribution in [3.63, 3.8) is 0 Å². The van der Waals surface area contributed by atoms with E-state index in [2.05, 4.69) is 37.0 Å². The standard InChI is InChI=1S/C50H62O16/c1-32(2)46(52)59-18-8-9-19-60-48(54)39-23-40(49(55)62-21-20-61-47(53)33(3)4)25-41(24-39)50(56)64-29-42(51)28-58-27-35(6)65-43-14-10-37(11-15-43)22-38-12-16-44(17-13-38)66-36(7)34(5)26-57-30-45-31-63-45/h10-17,23-25,34-36,42,45,51H,1,3,8-9,18-22,26-31H2,2,4-7H3/p+1. The van der Waals surface area contributed by atoms with Crippen LogP contribution < -0.4 is 9.47 Å². The number of benzene rings is 3. The van der Waals surface area contributed by atoms with Gasteiger partial charge in [0, 0.05) is 17.1 Å². The second-order valence-electron chi connectivity index (χ2n) is 16.1. The van der Waals surface area contributed by atoms with Gasteiger partial charge in [-0.1, -0.05) is 44.3 Å². The lowest BCUT2D eigenvalue weighted by atomic mass is 10.0. The molecule has 1 aliphatic heterocycles. The van der Waals surface area contributed by atoms with Gasteiger partial charge in [-0.15, -0.1) is 0 Å². The number of rotatable bonds is 30. The first-order valence-corrected chi connectivity index (χ1v) is 21.9. The van der Waals surface area contributed by atoms with Crippen molar-refractivity contribution in [2.75, 3.05) is 66.1 Å². The summed E-state index contributed by atoms with van der Waals surface area (Å²) in [7, 11) is 0. The smallest absolute Gasteiger partial charge is 0.338 e. The van der Waals surface area contributed by atoms with Gasteiger partial charge in [0.2, 0.25) is 0 Å². The van der Waals surface area contributed by atoms with E-state index < -0.39 is 42.6 Å². The summed E-state index contributed by atoms with van der Waals surface area (Å²) in [6, 6.07) is 19.4. The molecule has 5 atom stereocenters. The summed E-state index contributed by atoms with van der Waals surface area (Å²) >= 11 is 0. The molecule has 1 heterocycles. The lowest BCUT2D eigenvalue weighted by molar-refractivity contribution is -0.140. The van der Waals surface area contributed by atoms with E-state index in [1.54, 1.807) is 0 Å². The van der Waals surface area contributed by atoms with E-state index in [1.807, 2.05) is 50.2 Å². The Morgan fingerprint density at radius 1 is 0.667 bits per heavy atom. The molecule has 4 rings (SSSR count). The van der Waals surface area contributed by atoms with E-state index in [1.165, 1.54) is 32.0 Å². The Bertz CT molecular complexity index is 2070. The highest BCUT2D eigenvalue weighted by Gasteiger charge is 2.24. The molecule has 1 aliphatic rings. The third-order valence-electron chi connectivity index (χ3n) is 9.83. The van der Waals surface area contributed by atoms with E-state index >= 15 is 0 Å². The fourth-order valence-electron chi connectivity index (χ4n) is 5.80. The Labute approximate surface area is 386 Å². The SMILES string of the molecule is C=C(C)C(=O)OCCCCOC(=O)c1cc(C(=O)OCCOC(=O)C(=C)C)cc(C(=O)OCC(O)C[OH+]CC(C)Oc2ccc(Cc3ccc(OC(C)C(C)COCC4CO4)cc3)cc2)c1. The van der Waals surface area contributed by atoms with Crippen molar-refractivity contribution in [2.45, 2.75) is 78.3 Å². The van der Waals surface area contributed by atoms with Crippen LogP contribution in [0.4, 0.5) is 0 Å². The molecular weight excluding hydrogens is 857 g/mol. The average Bonchev–Trinajstić information content (AvgIpc) is 4.13. The minimum Gasteiger partial charge on any atom is -0.490 e. The molecule has 0 aromatic heterocycles. The number of ether oxygens (including phenoxy) is 10. The molecule has 66 heavy (non-hydrogen) atoms. The summed E-state index contributed by atoms with van der Waals surface area (Å²) in [6.45, 7) is 17.3. The molecule has 0 bridgehead atoms. The number of unbranched alkanes of at least 4 members (excludes halogenated alkanes) is 1. The lowest BCUT2D eigenvalue weighted by Gasteiger charge is -2.21. The molecule has 3 aromatic rings. The van der Waals surface area contributed by atoms with Gasteiger partial charge in [0.25, 0.3) is 0 Å². The fourth-order valence-corrected chi connectivity index (χ4v) is 5.80. The highest BCUT2D eigenvalue weighted by Crippen LogP contribution is 2.22. The Kier molecular flexibility index (Phi) is 21.8. The van der Waals surface area contributed by atoms with Crippen molar-refractivity contribution in [1.82, 2.24) is 0 Å². The van der Waals surface area contributed by atoms with Crippen LogP contribution in [-0.2, 0) is 49.2 Å². The summed E-state index contributed by atoms with van der Waals surface area (Å²) < 4.78 is 53.2. The number of aliphatic hydroxyl groups is 3. The van der Waals surface area contributed by atoms with Crippen molar-refractivity contribution in [3.8, 4) is 11.5 Å². The van der Waals surface area contributed by atoms with Crippen molar-refractivity contribution in [3.05, 3.63) is 119 Å². The van der Waals surface area contributed by atoms with Crippen LogP contribution in [0.5, 0.6) is 11.5 Å². The van der Waals surface area contributed by atoms with Crippen molar-refractivity contribution in [1.29, 1.82) is 0 Å². The number of carbonyl (C=O) groups excluding carboxylic acids is 5. The molecule has 1 fully saturated rings. The van der Waals surface area contributed by atoms with Gasteiger partial charge < -0.3 is 52.5 Å². The number of hydrogen-bond donors (Lipinski definition) is 1. The van der Waals surface area contributed by atoms with Gasteiger partial charge in [-0.3, -0.25) is 0 Å². The Hall–Kier alpha value is -6.07. The van der Waals surface area contributed by atoms with Crippen LogP contribution in [0.25, 0.3) is 0 Å². The zero-order chi connectivity index (χ0) is 48.0. The normalized spacial score (nSPS) is 14.7. The van der Waals surface area contributed by atoms with Gasteiger partial charge in [-0.25, -0.2) is 24.0 Å². The molecule has 5 unspecified atom stereocenters. The molecule has 358 valence electrons. The fraction of sp³-hybridized carbons (Fsp3) is 0.460. The van der Waals surface area contributed by atoms with Gasteiger partial charge in [0.05, 0.1) is 49.7 Å². The van der Waals surface area contributed by atoms with Gasteiger partial charge >= 0.3 is 29.8 Å². The quantitative estimate of drug-likeness (QED) is 0.0205. The summed E-state index contributed by atoms with van der Waals surface area (Å²) in [5, 5.41) is 10.6. The number of esters is 5. The second-order valence-corrected chi connectivity index (χ2v) is 16.1. The highest BCUT2D eigenvalue weighted by molar-refractivity contribution is 6.00. The first kappa shape index (κ1) is 52.6. The molecule has 16 heteroatoms. The van der Waals surface area contributed by atoms with Crippen LogP contribution in [0.15, 0.2) is 91.0 Å². The predicted octanol–water partition coefficient (Wildman–Crippen LogP) is 5.94.